The molecule has 0 bridgehead atoms. The second kappa shape index (κ2) is 3.21. The summed E-state index contributed by atoms with van der Waals surface area (Å²) in [5.41, 5.74) is 0.371. The number of fused-ring (bicyclic) bond motifs is 1. The van der Waals surface area contributed by atoms with Gasteiger partial charge in [0.15, 0.2) is 0 Å². The first-order valence-electron chi connectivity index (χ1n) is 5.90. The lowest BCUT2D eigenvalue weighted by Crippen LogP contribution is -2.43. The van der Waals surface area contributed by atoms with Crippen LogP contribution in [0.3, 0.4) is 0 Å². The van der Waals surface area contributed by atoms with E-state index in [1.54, 1.807) is 0 Å². The topological polar surface area (TPSA) is 15.3 Å². The molecule has 3 atom stereocenters. The van der Waals surface area contributed by atoms with Crippen molar-refractivity contribution in [3.63, 3.8) is 0 Å². The summed E-state index contributed by atoms with van der Waals surface area (Å²) in [6, 6.07) is 1.47. The van der Waals surface area contributed by atoms with E-state index in [1.165, 1.54) is 13.1 Å². The Morgan fingerprint density at radius 1 is 1.14 bits per heavy atom. The van der Waals surface area contributed by atoms with Crippen LogP contribution in [-0.4, -0.2) is 35.6 Å². The van der Waals surface area contributed by atoms with Gasteiger partial charge in [0.2, 0.25) is 0 Å². The van der Waals surface area contributed by atoms with Gasteiger partial charge in [-0.25, -0.2) is 0 Å². The Kier molecular flexibility index (Phi) is 2.39. The molecule has 2 aliphatic rings. The molecule has 0 spiro atoms. The van der Waals surface area contributed by atoms with Crippen molar-refractivity contribution < 1.29 is 0 Å². The van der Waals surface area contributed by atoms with Crippen LogP contribution in [0.2, 0.25) is 0 Å². The number of likely N-dealkylation sites (tertiary alicyclic amines) is 1. The van der Waals surface area contributed by atoms with Gasteiger partial charge in [-0.05, 0) is 32.6 Å². The Morgan fingerprint density at radius 3 is 2.00 bits per heavy atom. The fourth-order valence-corrected chi connectivity index (χ4v) is 2.71. The van der Waals surface area contributed by atoms with Gasteiger partial charge in [-0.2, -0.15) is 0 Å². The van der Waals surface area contributed by atoms with Gasteiger partial charge in [0.25, 0.3) is 0 Å². The molecule has 0 aromatic rings. The number of nitrogens with one attached hydrogen (secondary N) is 1. The van der Waals surface area contributed by atoms with Gasteiger partial charge in [-0.3, -0.25) is 4.90 Å². The summed E-state index contributed by atoms with van der Waals surface area (Å²) in [7, 11) is 0. The predicted octanol–water partition coefficient (Wildman–Crippen LogP) is 1.71. The first-order chi connectivity index (χ1) is 6.39. The lowest BCUT2D eigenvalue weighted by atomic mass is 10.1. The lowest BCUT2D eigenvalue weighted by molar-refractivity contribution is 0.149. The largest absolute Gasteiger partial charge is 0.311 e. The van der Waals surface area contributed by atoms with Crippen LogP contribution in [0.1, 0.15) is 34.6 Å². The normalized spacial score (nSPS) is 37.7. The molecule has 0 aromatic heterocycles. The van der Waals surface area contributed by atoms with Crippen molar-refractivity contribution in [1.29, 1.82) is 0 Å². The number of rotatable bonds is 2. The molecule has 2 fully saturated rings. The third kappa shape index (κ3) is 1.82. The van der Waals surface area contributed by atoms with Crippen LogP contribution in [0.5, 0.6) is 0 Å². The number of hydrogen-bond acceptors (Lipinski definition) is 2. The molecule has 2 heteroatoms. The zero-order valence-electron chi connectivity index (χ0n) is 10.2. The second-order valence-corrected chi connectivity index (χ2v) is 6.25. The zero-order valence-corrected chi connectivity index (χ0v) is 10.2. The molecule has 14 heavy (non-hydrogen) atoms. The maximum Gasteiger partial charge on any atom is 0.0158 e. The second-order valence-electron chi connectivity index (χ2n) is 6.25. The SMILES string of the molecule is CC(C)N[C@H]1C2CN(C(C)(C)C)C[C@H]21. The van der Waals surface area contributed by atoms with Crippen LogP contribution in [0.15, 0.2) is 0 Å². The smallest absolute Gasteiger partial charge is 0.0158 e. The Bertz CT molecular complexity index is 205. The predicted molar refractivity (Wildman–Crippen MR) is 60.4 cm³/mol. The highest BCUT2D eigenvalue weighted by Crippen LogP contribution is 2.47. The standard InChI is InChI=1S/C12H24N2/c1-8(2)13-11-9-6-14(7-10(9)11)12(3,4)5/h8-11,13H,6-7H2,1-5H3/t9-,10?,11-/m1/s1. The van der Waals surface area contributed by atoms with Crippen LogP contribution in [0.25, 0.3) is 0 Å². The van der Waals surface area contributed by atoms with Gasteiger partial charge in [0, 0.05) is 30.7 Å². The Labute approximate surface area is 88.1 Å². The molecule has 82 valence electrons. The average Bonchev–Trinajstić information content (AvgIpc) is 2.50. The highest BCUT2D eigenvalue weighted by Gasteiger charge is 2.56. The van der Waals surface area contributed by atoms with Crippen LogP contribution < -0.4 is 5.32 Å². The van der Waals surface area contributed by atoms with E-state index in [4.69, 9.17) is 0 Å². The van der Waals surface area contributed by atoms with Gasteiger partial charge >= 0.3 is 0 Å². The van der Waals surface area contributed by atoms with E-state index in [2.05, 4.69) is 44.8 Å². The number of piperidine rings is 1. The molecule has 2 nitrogen and oxygen atoms in total. The third-order valence-corrected chi connectivity index (χ3v) is 3.67. The molecule has 1 saturated carbocycles. The minimum atomic E-state index is 0.371. The van der Waals surface area contributed by atoms with E-state index in [-0.39, 0.29) is 0 Å². The van der Waals surface area contributed by atoms with Crippen LogP contribution >= 0.6 is 0 Å². The molecule has 0 amide bonds. The Balaban J connectivity index is 1.82. The minimum absolute atomic E-state index is 0.371. The highest BCUT2D eigenvalue weighted by molar-refractivity contribution is 5.12. The first-order valence-corrected chi connectivity index (χ1v) is 5.90. The van der Waals surface area contributed by atoms with Crippen molar-refractivity contribution in [1.82, 2.24) is 10.2 Å². The first kappa shape index (κ1) is 10.4. The van der Waals surface area contributed by atoms with Gasteiger partial charge in [0.05, 0.1) is 0 Å². The Morgan fingerprint density at radius 2 is 1.64 bits per heavy atom. The van der Waals surface area contributed by atoms with Crippen LogP contribution in [0, 0.1) is 11.8 Å². The van der Waals surface area contributed by atoms with E-state index in [1.807, 2.05) is 0 Å². The van der Waals surface area contributed by atoms with Gasteiger partial charge < -0.3 is 5.32 Å². The summed E-state index contributed by atoms with van der Waals surface area (Å²) < 4.78 is 0. The van der Waals surface area contributed by atoms with Crippen molar-refractivity contribution in [2.24, 2.45) is 11.8 Å². The van der Waals surface area contributed by atoms with E-state index in [0.29, 0.717) is 11.6 Å². The summed E-state index contributed by atoms with van der Waals surface area (Å²) >= 11 is 0. The molecule has 1 aliphatic carbocycles. The van der Waals surface area contributed by atoms with E-state index in [0.717, 1.165) is 17.9 Å². The van der Waals surface area contributed by atoms with E-state index >= 15 is 0 Å². The van der Waals surface area contributed by atoms with Crippen molar-refractivity contribution in [2.45, 2.75) is 52.2 Å². The number of hydrogen-bond donors (Lipinski definition) is 1. The quantitative estimate of drug-likeness (QED) is 0.723. The molecule has 1 saturated heterocycles. The van der Waals surface area contributed by atoms with Crippen molar-refractivity contribution in [2.75, 3.05) is 13.1 Å². The molecule has 2 rings (SSSR count). The summed E-state index contributed by atoms with van der Waals surface area (Å²) in [6.45, 7) is 14.1. The molecule has 1 aliphatic heterocycles. The van der Waals surface area contributed by atoms with E-state index < -0.39 is 0 Å². The van der Waals surface area contributed by atoms with Gasteiger partial charge in [-0.15, -0.1) is 0 Å². The minimum Gasteiger partial charge on any atom is -0.311 e. The monoisotopic (exact) mass is 196 g/mol. The summed E-state index contributed by atoms with van der Waals surface area (Å²) in [5, 5.41) is 3.66. The zero-order chi connectivity index (χ0) is 10.5. The van der Waals surface area contributed by atoms with Crippen molar-refractivity contribution >= 4 is 0 Å². The molecule has 1 unspecified atom stereocenters. The summed E-state index contributed by atoms with van der Waals surface area (Å²) in [5.74, 6) is 1.88. The van der Waals surface area contributed by atoms with E-state index in [9.17, 15) is 0 Å². The van der Waals surface area contributed by atoms with Crippen LogP contribution in [-0.2, 0) is 0 Å². The summed E-state index contributed by atoms with van der Waals surface area (Å²) in [4.78, 5) is 2.63. The fourth-order valence-electron chi connectivity index (χ4n) is 2.71. The molecular formula is C12H24N2. The molecule has 1 heterocycles. The van der Waals surface area contributed by atoms with Crippen molar-refractivity contribution in [3.05, 3.63) is 0 Å². The molecule has 0 radical (unpaired) electrons. The Hall–Kier alpha value is -0.0800. The molecule has 1 N–H and O–H groups in total. The fraction of sp³-hybridized carbons (Fsp3) is 1.00. The molecule has 0 aromatic carbocycles. The highest BCUT2D eigenvalue weighted by atomic mass is 15.3. The maximum atomic E-state index is 3.66. The maximum absolute atomic E-state index is 3.66. The van der Waals surface area contributed by atoms with Crippen molar-refractivity contribution in [3.8, 4) is 0 Å². The lowest BCUT2D eigenvalue weighted by Gasteiger charge is -2.33. The van der Waals surface area contributed by atoms with Gasteiger partial charge in [-0.1, -0.05) is 13.8 Å². The third-order valence-electron chi connectivity index (χ3n) is 3.67. The average molecular weight is 196 g/mol. The number of nitrogens with zero attached hydrogens (tertiary/aromatic N) is 1. The summed E-state index contributed by atoms with van der Waals surface area (Å²) in [6.07, 6.45) is 0. The van der Waals surface area contributed by atoms with Crippen LogP contribution in [0.4, 0.5) is 0 Å². The molecular weight excluding hydrogens is 172 g/mol. The van der Waals surface area contributed by atoms with Gasteiger partial charge in [0.1, 0.15) is 0 Å².